The van der Waals surface area contributed by atoms with Crippen LogP contribution in [0.1, 0.15) is 5.69 Å². The van der Waals surface area contributed by atoms with Crippen molar-refractivity contribution >= 4 is 11.6 Å². The molecule has 0 saturated carbocycles. The lowest BCUT2D eigenvalue weighted by Gasteiger charge is -2.20. The molecule has 0 radical (unpaired) electrons. The van der Waals surface area contributed by atoms with E-state index in [4.69, 9.17) is 16.3 Å². The van der Waals surface area contributed by atoms with Gasteiger partial charge in [-0.05, 0) is 30.3 Å². The first-order chi connectivity index (χ1) is 9.81. The molecule has 3 aromatic rings. The van der Waals surface area contributed by atoms with Crippen molar-refractivity contribution in [1.29, 1.82) is 0 Å². The Bertz CT molecular complexity index is 784. The van der Waals surface area contributed by atoms with Crippen LogP contribution in [0.2, 0.25) is 5.15 Å². The minimum Gasteiger partial charge on any atom is -0.487 e. The molecule has 4 nitrogen and oxygen atoms in total. The van der Waals surface area contributed by atoms with E-state index in [1.807, 2.05) is 36.5 Å². The van der Waals surface area contributed by atoms with Crippen LogP contribution in [-0.2, 0) is 6.61 Å². The number of hydrogen-bond acceptors (Lipinski definition) is 3. The molecule has 1 aliphatic heterocycles. The molecule has 0 bridgehead atoms. The molecule has 1 aromatic carbocycles. The van der Waals surface area contributed by atoms with Gasteiger partial charge >= 0.3 is 0 Å². The summed E-state index contributed by atoms with van der Waals surface area (Å²) in [4.78, 5) is 4.31. The van der Waals surface area contributed by atoms with Gasteiger partial charge in [0.05, 0.1) is 11.4 Å². The number of nitrogens with zero attached hydrogens (tertiary/aromatic N) is 3. The molecule has 1 aliphatic rings. The Morgan fingerprint density at radius 1 is 1.15 bits per heavy atom. The molecule has 20 heavy (non-hydrogen) atoms. The fourth-order valence-corrected chi connectivity index (χ4v) is 2.56. The smallest absolute Gasteiger partial charge is 0.131 e. The minimum absolute atomic E-state index is 0.436. The second-order valence-electron chi connectivity index (χ2n) is 4.55. The molecule has 4 rings (SSSR count). The third-order valence-corrected chi connectivity index (χ3v) is 3.54. The van der Waals surface area contributed by atoms with Crippen molar-refractivity contribution in [2.24, 2.45) is 0 Å². The zero-order valence-corrected chi connectivity index (χ0v) is 11.2. The van der Waals surface area contributed by atoms with Gasteiger partial charge in [-0.1, -0.05) is 11.6 Å². The van der Waals surface area contributed by atoms with Gasteiger partial charge in [-0.2, -0.15) is 5.10 Å². The van der Waals surface area contributed by atoms with Crippen LogP contribution in [0.25, 0.3) is 16.8 Å². The molecule has 0 saturated heterocycles. The monoisotopic (exact) mass is 283 g/mol. The molecule has 0 spiro atoms. The average molecular weight is 284 g/mol. The predicted octanol–water partition coefficient (Wildman–Crippen LogP) is 3.48. The second-order valence-corrected chi connectivity index (χ2v) is 4.94. The van der Waals surface area contributed by atoms with E-state index in [1.165, 1.54) is 0 Å². The molecule has 0 aliphatic carbocycles. The van der Waals surface area contributed by atoms with Gasteiger partial charge in [0, 0.05) is 29.6 Å². The van der Waals surface area contributed by atoms with Crippen LogP contribution >= 0.6 is 11.6 Å². The largest absolute Gasteiger partial charge is 0.487 e. The Hall–Kier alpha value is -2.33. The van der Waals surface area contributed by atoms with Crippen molar-refractivity contribution in [2.75, 3.05) is 0 Å². The van der Waals surface area contributed by atoms with Crippen LogP contribution < -0.4 is 4.74 Å². The van der Waals surface area contributed by atoms with Gasteiger partial charge in [0.2, 0.25) is 0 Å². The molecular formula is C15H10ClN3O. The summed E-state index contributed by atoms with van der Waals surface area (Å²) in [7, 11) is 0. The molecule has 0 unspecified atom stereocenters. The van der Waals surface area contributed by atoms with Gasteiger partial charge < -0.3 is 4.74 Å². The number of aromatic nitrogens is 3. The Balaban J connectivity index is 1.85. The lowest BCUT2D eigenvalue weighted by atomic mass is 10.0. The van der Waals surface area contributed by atoms with E-state index < -0.39 is 0 Å². The first kappa shape index (κ1) is 11.5. The molecule has 3 heterocycles. The SMILES string of the molecule is Clc1ccc2c(n1)COc1cc(-n3cccn3)ccc1-2. The van der Waals surface area contributed by atoms with Crippen LogP contribution in [0, 0.1) is 0 Å². The molecule has 0 atom stereocenters. The zero-order valence-electron chi connectivity index (χ0n) is 10.5. The summed E-state index contributed by atoms with van der Waals surface area (Å²) < 4.78 is 7.59. The van der Waals surface area contributed by atoms with Gasteiger partial charge in [0.25, 0.3) is 0 Å². The van der Waals surface area contributed by atoms with E-state index in [1.54, 1.807) is 16.9 Å². The Labute approximate surface area is 120 Å². The van der Waals surface area contributed by atoms with Crippen LogP contribution in [0.5, 0.6) is 5.75 Å². The number of ether oxygens (including phenoxy) is 1. The number of benzene rings is 1. The summed E-state index contributed by atoms with van der Waals surface area (Å²) >= 11 is 5.92. The molecule has 98 valence electrons. The third-order valence-electron chi connectivity index (χ3n) is 3.33. The van der Waals surface area contributed by atoms with E-state index in [0.717, 1.165) is 28.3 Å². The van der Waals surface area contributed by atoms with Crippen LogP contribution in [0.3, 0.4) is 0 Å². The first-order valence-electron chi connectivity index (χ1n) is 6.24. The quantitative estimate of drug-likeness (QED) is 0.642. The highest BCUT2D eigenvalue weighted by molar-refractivity contribution is 6.29. The van der Waals surface area contributed by atoms with Gasteiger partial charge in [0.15, 0.2) is 0 Å². The Morgan fingerprint density at radius 2 is 2.05 bits per heavy atom. The normalized spacial score (nSPS) is 12.4. The molecule has 0 N–H and O–H groups in total. The van der Waals surface area contributed by atoms with Crippen molar-refractivity contribution in [3.63, 3.8) is 0 Å². The highest BCUT2D eigenvalue weighted by Gasteiger charge is 2.19. The van der Waals surface area contributed by atoms with E-state index in [9.17, 15) is 0 Å². The van der Waals surface area contributed by atoms with Gasteiger partial charge in [-0.3, -0.25) is 0 Å². The zero-order chi connectivity index (χ0) is 13.5. The van der Waals surface area contributed by atoms with Crippen molar-refractivity contribution in [1.82, 2.24) is 14.8 Å². The maximum absolute atomic E-state index is 5.92. The maximum Gasteiger partial charge on any atom is 0.131 e. The van der Waals surface area contributed by atoms with E-state index in [2.05, 4.69) is 10.1 Å². The summed E-state index contributed by atoms with van der Waals surface area (Å²) in [5, 5.41) is 4.71. The highest BCUT2D eigenvalue weighted by Crippen LogP contribution is 2.38. The number of rotatable bonds is 1. The fraction of sp³-hybridized carbons (Fsp3) is 0.0667. The Kier molecular flexibility index (Phi) is 2.50. The summed E-state index contributed by atoms with van der Waals surface area (Å²) in [6, 6.07) is 11.7. The summed E-state index contributed by atoms with van der Waals surface area (Å²) in [6.45, 7) is 0.436. The van der Waals surface area contributed by atoms with Gasteiger partial charge in [0.1, 0.15) is 17.5 Å². The summed E-state index contributed by atoms with van der Waals surface area (Å²) in [5.41, 5.74) is 3.95. The molecule has 5 heteroatoms. The van der Waals surface area contributed by atoms with Crippen LogP contribution in [0.15, 0.2) is 48.8 Å². The first-order valence-corrected chi connectivity index (χ1v) is 6.62. The Morgan fingerprint density at radius 3 is 2.90 bits per heavy atom. The molecule has 2 aromatic heterocycles. The standard InChI is InChI=1S/C15H10ClN3O/c16-15-5-4-11-12-3-2-10(19-7-1-6-17-19)8-14(12)20-9-13(11)18-15/h1-8H,9H2. The number of fused-ring (bicyclic) bond motifs is 3. The molecule has 0 amide bonds. The minimum atomic E-state index is 0.436. The third kappa shape index (κ3) is 1.77. The number of hydrogen-bond donors (Lipinski definition) is 0. The van der Waals surface area contributed by atoms with Crippen LogP contribution in [0.4, 0.5) is 0 Å². The average Bonchev–Trinajstić information content (AvgIpc) is 3.00. The predicted molar refractivity (Wildman–Crippen MR) is 76.1 cm³/mol. The van der Waals surface area contributed by atoms with Crippen molar-refractivity contribution in [2.45, 2.75) is 6.61 Å². The topological polar surface area (TPSA) is 39.9 Å². The summed E-state index contributed by atoms with van der Waals surface area (Å²) in [6.07, 6.45) is 3.65. The summed E-state index contributed by atoms with van der Waals surface area (Å²) in [5.74, 6) is 0.842. The van der Waals surface area contributed by atoms with Crippen molar-refractivity contribution < 1.29 is 4.74 Å². The lowest BCUT2D eigenvalue weighted by molar-refractivity contribution is 0.297. The van der Waals surface area contributed by atoms with E-state index in [0.29, 0.717) is 11.8 Å². The lowest BCUT2D eigenvalue weighted by Crippen LogP contribution is -2.08. The second kappa shape index (κ2) is 4.35. The molecule has 0 fully saturated rings. The van der Waals surface area contributed by atoms with E-state index in [-0.39, 0.29) is 0 Å². The maximum atomic E-state index is 5.92. The fourth-order valence-electron chi connectivity index (χ4n) is 2.39. The number of halogens is 1. The number of pyridine rings is 1. The van der Waals surface area contributed by atoms with Crippen molar-refractivity contribution in [3.05, 3.63) is 59.6 Å². The van der Waals surface area contributed by atoms with E-state index >= 15 is 0 Å². The van der Waals surface area contributed by atoms with Gasteiger partial charge in [-0.25, -0.2) is 9.67 Å². The van der Waals surface area contributed by atoms with Gasteiger partial charge in [-0.15, -0.1) is 0 Å². The van der Waals surface area contributed by atoms with Crippen LogP contribution in [-0.4, -0.2) is 14.8 Å². The van der Waals surface area contributed by atoms with Crippen molar-refractivity contribution in [3.8, 4) is 22.6 Å². The highest BCUT2D eigenvalue weighted by atomic mass is 35.5. The molecular weight excluding hydrogens is 274 g/mol.